The quantitative estimate of drug-likeness (QED) is 0.641. The lowest BCUT2D eigenvalue weighted by Gasteiger charge is -2.24. The van der Waals surface area contributed by atoms with Crippen molar-refractivity contribution in [3.05, 3.63) is 70.8 Å². The molecule has 0 aromatic heterocycles. The van der Waals surface area contributed by atoms with Crippen molar-refractivity contribution >= 4 is 29.3 Å². The summed E-state index contributed by atoms with van der Waals surface area (Å²) in [4.78, 5) is 19.2. The van der Waals surface area contributed by atoms with Gasteiger partial charge in [0.15, 0.2) is 5.78 Å². The number of benzene rings is 2. The monoisotopic (exact) mass is 432 g/mol. The van der Waals surface area contributed by atoms with E-state index in [2.05, 4.69) is 105 Å². The van der Waals surface area contributed by atoms with E-state index < -0.39 is 0 Å². The van der Waals surface area contributed by atoms with Crippen molar-refractivity contribution < 1.29 is 9.69 Å². The zero-order valence-corrected chi connectivity index (χ0v) is 20.3. The number of nitrogens with one attached hydrogen (secondary N) is 1. The van der Waals surface area contributed by atoms with E-state index in [1.165, 1.54) is 16.3 Å². The van der Waals surface area contributed by atoms with Crippen LogP contribution in [0.25, 0.3) is 12.2 Å². The number of carbonyl (C=O) groups excluding carboxylic acids is 1. The minimum atomic E-state index is 0.177. The van der Waals surface area contributed by atoms with Crippen LogP contribution in [0.3, 0.4) is 0 Å². The van der Waals surface area contributed by atoms with Crippen LogP contribution < -0.4 is 14.7 Å². The summed E-state index contributed by atoms with van der Waals surface area (Å²) in [6.45, 7) is 14.2. The van der Waals surface area contributed by atoms with Crippen molar-refractivity contribution in [2.24, 2.45) is 0 Å². The molecule has 0 bridgehead atoms. The van der Waals surface area contributed by atoms with Crippen LogP contribution in [0, 0.1) is 0 Å². The topological polar surface area (TPSA) is 28.0 Å². The van der Waals surface area contributed by atoms with Crippen molar-refractivity contribution in [1.82, 2.24) is 0 Å². The zero-order chi connectivity index (χ0) is 23.1. The molecule has 32 heavy (non-hydrogen) atoms. The number of piperidine rings is 1. The third kappa shape index (κ3) is 5.68. The summed E-state index contributed by atoms with van der Waals surface area (Å²) in [5.41, 5.74) is 6.39. The van der Waals surface area contributed by atoms with E-state index >= 15 is 0 Å². The first-order chi connectivity index (χ1) is 15.5. The summed E-state index contributed by atoms with van der Waals surface area (Å²) in [7, 11) is 2.15. The number of ketones is 1. The number of likely N-dealkylation sites (N-methyl/N-ethyl adjacent to an activating group) is 1. The molecule has 1 heterocycles. The molecule has 3 rings (SSSR count). The van der Waals surface area contributed by atoms with E-state index in [0.717, 1.165) is 61.5 Å². The molecule has 1 unspecified atom stereocenters. The summed E-state index contributed by atoms with van der Waals surface area (Å²) >= 11 is 0. The predicted octanol–water partition coefficient (Wildman–Crippen LogP) is 3.94. The first-order valence-corrected chi connectivity index (χ1v) is 12.0. The van der Waals surface area contributed by atoms with Crippen LogP contribution in [0.1, 0.15) is 38.8 Å². The van der Waals surface area contributed by atoms with E-state index in [4.69, 9.17) is 0 Å². The number of Topliss-reactive ketones (excluding diaryl/α,β-unsaturated/α-hetero) is 1. The number of hydrogen-bond acceptors (Lipinski definition) is 3. The Morgan fingerprint density at radius 3 is 1.34 bits per heavy atom. The number of carbonyl (C=O) groups is 1. The van der Waals surface area contributed by atoms with Gasteiger partial charge in [0.2, 0.25) is 0 Å². The Morgan fingerprint density at radius 2 is 1.03 bits per heavy atom. The molecule has 1 aliphatic rings. The lowest BCUT2D eigenvalue weighted by molar-refractivity contribution is -0.870. The van der Waals surface area contributed by atoms with Gasteiger partial charge in [-0.2, -0.15) is 0 Å². The van der Waals surface area contributed by atoms with Gasteiger partial charge in [-0.15, -0.1) is 0 Å². The number of rotatable bonds is 8. The second kappa shape index (κ2) is 11.1. The molecule has 1 atom stereocenters. The second-order valence-electron chi connectivity index (χ2n) is 8.51. The van der Waals surface area contributed by atoms with Gasteiger partial charge in [0.25, 0.3) is 0 Å². The van der Waals surface area contributed by atoms with Gasteiger partial charge in [0.1, 0.15) is 13.1 Å². The summed E-state index contributed by atoms with van der Waals surface area (Å²) in [5, 5.41) is 0. The molecule has 0 radical (unpaired) electrons. The molecule has 0 saturated carbocycles. The Morgan fingerprint density at radius 1 is 0.688 bits per heavy atom. The van der Waals surface area contributed by atoms with Gasteiger partial charge in [0, 0.05) is 37.6 Å². The van der Waals surface area contributed by atoms with Gasteiger partial charge >= 0.3 is 0 Å². The van der Waals surface area contributed by atoms with E-state index in [-0.39, 0.29) is 5.78 Å². The number of hydrogen-bond donors (Lipinski definition) is 1. The van der Waals surface area contributed by atoms with Gasteiger partial charge in [-0.05, 0) is 75.2 Å². The van der Waals surface area contributed by atoms with Gasteiger partial charge in [0.05, 0.1) is 18.2 Å². The number of likely N-dealkylation sites (tertiary alicyclic amines) is 1. The van der Waals surface area contributed by atoms with E-state index in [1.807, 2.05) is 0 Å². The highest BCUT2D eigenvalue weighted by atomic mass is 16.1. The highest BCUT2D eigenvalue weighted by Gasteiger charge is 2.27. The maximum Gasteiger partial charge on any atom is 0.196 e. The van der Waals surface area contributed by atoms with Gasteiger partial charge in [-0.25, -0.2) is 0 Å². The van der Waals surface area contributed by atoms with Gasteiger partial charge < -0.3 is 14.7 Å². The molecular weight excluding hydrogens is 394 g/mol. The maximum atomic E-state index is 13.2. The smallest absolute Gasteiger partial charge is 0.196 e. The van der Waals surface area contributed by atoms with Gasteiger partial charge in [-0.3, -0.25) is 4.79 Å². The molecule has 2 aromatic rings. The van der Waals surface area contributed by atoms with Crippen molar-refractivity contribution in [3.63, 3.8) is 0 Å². The van der Waals surface area contributed by atoms with E-state index in [9.17, 15) is 4.79 Å². The molecule has 0 spiro atoms. The average Bonchev–Trinajstić information content (AvgIpc) is 2.80. The molecule has 1 fully saturated rings. The summed E-state index contributed by atoms with van der Waals surface area (Å²) in [5.74, 6) is 0.177. The molecular formula is C28H38N3O+. The highest BCUT2D eigenvalue weighted by Crippen LogP contribution is 2.21. The first kappa shape index (κ1) is 23.8. The van der Waals surface area contributed by atoms with Crippen LogP contribution >= 0.6 is 0 Å². The summed E-state index contributed by atoms with van der Waals surface area (Å²) < 4.78 is 0. The van der Waals surface area contributed by atoms with E-state index in [1.54, 1.807) is 0 Å². The molecule has 2 aromatic carbocycles. The van der Waals surface area contributed by atoms with Crippen molar-refractivity contribution in [2.75, 3.05) is 56.1 Å². The molecule has 1 N–H and O–H groups in total. The fraction of sp³-hybridized carbons (Fsp3) is 0.393. The highest BCUT2D eigenvalue weighted by molar-refractivity contribution is 6.14. The molecule has 4 heteroatoms. The fourth-order valence-corrected chi connectivity index (χ4v) is 4.46. The number of nitrogens with zero attached hydrogens (tertiary/aromatic N) is 2. The Kier molecular flexibility index (Phi) is 8.29. The maximum absolute atomic E-state index is 13.2. The number of anilines is 2. The fourth-order valence-electron chi connectivity index (χ4n) is 4.46. The summed E-state index contributed by atoms with van der Waals surface area (Å²) in [6, 6.07) is 17.1. The third-order valence-corrected chi connectivity index (χ3v) is 6.29. The lowest BCUT2D eigenvalue weighted by atomic mass is 9.94. The van der Waals surface area contributed by atoms with Crippen molar-refractivity contribution in [2.45, 2.75) is 27.7 Å². The second-order valence-corrected chi connectivity index (χ2v) is 8.51. The van der Waals surface area contributed by atoms with Crippen LogP contribution in [0.4, 0.5) is 11.4 Å². The Hall–Kier alpha value is -2.85. The van der Waals surface area contributed by atoms with Crippen LogP contribution in [-0.4, -0.2) is 52.1 Å². The summed E-state index contributed by atoms with van der Waals surface area (Å²) in [6.07, 6.45) is 4.13. The normalized spacial score (nSPS) is 18.9. The van der Waals surface area contributed by atoms with Crippen LogP contribution in [0.2, 0.25) is 0 Å². The van der Waals surface area contributed by atoms with E-state index in [0.29, 0.717) is 0 Å². The van der Waals surface area contributed by atoms with Crippen LogP contribution in [-0.2, 0) is 4.79 Å². The van der Waals surface area contributed by atoms with Crippen LogP contribution in [0.5, 0.6) is 0 Å². The molecule has 0 aliphatic carbocycles. The zero-order valence-electron chi connectivity index (χ0n) is 20.3. The molecule has 0 amide bonds. The standard InChI is InChI=1S/C28H37N3O/c1-6-30(7-2)26-14-10-22(11-15-26)18-24-20-29(5)21-25(28(24)32)19-23-12-16-27(17-13-23)31(8-3)9-4/h10-19H,6-9,20-21H2,1-5H3/p+1/b24-18-,25-19+. The molecule has 170 valence electrons. The van der Waals surface area contributed by atoms with Gasteiger partial charge in [-0.1, -0.05) is 24.3 Å². The minimum absolute atomic E-state index is 0.177. The third-order valence-electron chi connectivity index (χ3n) is 6.29. The van der Waals surface area contributed by atoms with Crippen molar-refractivity contribution in [1.29, 1.82) is 0 Å². The Balaban J connectivity index is 1.81. The Labute approximate surface area is 193 Å². The Bertz CT molecular complexity index is 872. The first-order valence-electron chi connectivity index (χ1n) is 12.0. The SMILES string of the molecule is CCN(CC)c1ccc(/C=C2/C[NH+](C)C/C(=C\c3ccc(N(CC)CC)cc3)C2=O)cc1. The van der Waals surface area contributed by atoms with Crippen molar-refractivity contribution in [3.8, 4) is 0 Å². The minimum Gasteiger partial charge on any atom is -0.372 e. The lowest BCUT2D eigenvalue weighted by Crippen LogP contribution is -3.10. The van der Waals surface area contributed by atoms with Crippen LogP contribution in [0.15, 0.2) is 59.7 Å². The molecule has 4 nitrogen and oxygen atoms in total. The largest absolute Gasteiger partial charge is 0.372 e. The predicted molar refractivity (Wildman–Crippen MR) is 138 cm³/mol. The molecule has 1 saturated heterocycles. The number of quaternary nitrogens is 1. The molecule has 1 aliphatic heterocycles. The average molecular weight is 433 g/mol.